The number of likely N-dealkylation sites (N-methyl/N-ethyl adjacent to an activating group) is 1. The highest BCUT2D eigenvalue weighted by Gasteiger charge is 2.28. The third-order valence-corrected chi connectivity index (χ3v) is 9.20. The van der Waals surface area contributed by atoms with E-state index in [9.17, 15) is 17.9 Å². The van der Waals surface area contributed by atoms with Crippen molar-refractivity contribution in [2.24, 2.45) is 0 Å². The number of methoxy groups -OCH3 is 1. The Morgan fingerprint density at radius 3 is 1.69 bits per heavy atom. The highest BCUT2D eigenvalue weighted by Crippen LogP contribution is 2.40. The smallest absolute Gasteiger partial charge is 0.268 e. The van der Waals surface area contributed by atoms with Crippen LogP contribution in [0, 0.1) is 0 Å². The van der Waals surface area contributed by atoms with E-state index in [1.54, 1.807) is 0 Å². The number of nitrogens with zero attached hydrogens (tertiary/aromatic N) is 1. The third-order valence-electron chi connectivity index (χ3n) is 6.36. The van der Waals surface area contributed by atoms with Gasteiger partial charge in [-0.25, -0.2) is 8.42 Å². The van der Waals surface area contributed by atoms with Gasteiger partial charge >= 0.3 is 0 Å². The minimum absolute atomic E-state index is 0.00787. The lowest BCUT2D eigenvalue weighted by Gasteiger charge is -2.31. The molecule has 8 nitrogen and oxygen atoms in total. The van der Waals surface area contributed by atoms with Crippen molar-refractivity contribution >= 4 is 17.7 Å². The highest BCUT2D eigenvalue weighted by atomic mass is 32.2. The van der Waals surface area contributed by atoms with Gasteiger partial charge in [0.25, 0.3) is 7.82 Å². The van der Waals surface area contributed by atoms with E-state index < -0.39 is 29.9 Å². The molecule has 0 bridgehead atoms. The van der Waals surface area contributed by atoms with E-state index in [0.717, 1.165) is 19.3 Å². The summed E-state index contributed by atoms with van der Waals surface area (Å²) in [6.07, 6.45) is 15.1. The summed E-state index contributed by atoms with van der Waals surface area (Å²) in [6, 6.07) is 0. The minimum atomic E-state index is -4.55. The Bertz CT molecular complexity index is 682. The molecule has 0 saturated heterocycles. The third kappa shape index (κ3) is 22.0. The van der Waals surface area contributed by atoms with Gasteiger partial charge in [-0.1, -0.05) is 90.4 Å². The average Bonchev–Trinajstić information content (AvgIpc) is 2.76. The van der Waals surface area contributed by atoms with Gasteiger partial charge in [-0.3, -0.25) is 4.57 Å². The zero-order valence-electron chi connectivity index (χ0n) is 24.0. The zero-order chi connectivity index (χ0) is 27.5. The Morgan fingerprint density at radius 2 is 1.28 bits per heavy atom. The molecular weight excluding hydrogens is 501 g/mol. The molecule has 0 aromatic heterocycles. The van der Waals surface area contributed by atoms with Crippen LogP contribution in [-0.2, 0) is 28.2 Å². The second kappa shape index (κ2) is 20.0. The van der Waals surface area contributed by atoms with Crippen molar-refractivity contribution in [1.82, 2.24) is 0 Å². The number of sulfone groups is 1. The van der Waals surface area contributed by atoms with Crippen molar-refractivity contribution in [3.05, 3.63) is 0 Å². The predicted molar refractivity (Wildman–Crippen MR) is 147 cm³/mol. The van der Waals surface area contributed by atoms with Crippen LogP contribution in [0.25, 0.3) is 0 Å². The van der Waals surface area contributed by atoms with Gasteiger partial charge in [-0.2, -0.15) is 0 Å². The van der Waals surface area contributed by atoms with Crippen molar-refractivity contribution in [2.75, 3.05) is 52.9 Å². The molecule has 0 rings (SSSR count). The molecule has 0 spiro atoms. The number of hydrogen-bond acceptors (Lipinski definition) is 7. The fourth-order valence-corrected chi connectivity index (χ4v) is 6.60. The molecule has 0 heterocycles. The van der Waals surface area contributed by atoms with Crippen molar-refractivity contribution in [2.45, 2.75) is 116 Å². The summed E-state index contributed by atoms with van der Waals surface area (Å²) < 4.78 is 53.0. The maximum Gasteiger partial charge on any atom is 0.268 e. The standard InChI is InChI=1S/C26H56NO7PS/c1-7-8-9-10-11-12-13-14-15-16-17-18-19-20-23-36(30,31)24-26(32-6)25(2)34-35(28,29)33-22-21-27(3,4)5/h25-26H,7-24H2,1-6H3. The lowest BCUT2D eigenvalue weighted by molar-refractivity contribution is -0.870. The van der Waals surface area contributed by atoms with E-state index in [4.69, 9.17) is 13.8 Å². The SMILES string of the molecule is CCCCCCCCCCCCCCCCS(=O)(=O)CC(OC)C(C)OP(=O)([O-])OCC[N+](C)(C)C. The van der Waals surface area contributed by atoms with Crippen LogP contribution in [0.1, 0.15) is 104 Å². The van der Waals surface area contributed by atoms with Gasteiger partial charge < -0.3 is 23.2 Å². The Morgan fingerprint density at radius 1 is 0.833 bits per heavy atom. The van der Waals surface area contributed by atoms with Crippen molar-refractivity contribution in [1.29, 1.82) is 0 Å². The van der Waals surface area contributed by atoms with Crippen LogP contribution >= 0.6 is 7.82 Å². The van der Waals surface area contributed by atoms with Crippen LogP contribution < -0.4 is 4.89 Å². The molecule has 0 aromatic carbocycles. The molecule has 0 fully saturated rings. The largest absolute Gasteiger partial charge is 0.756 e. The van der Waals surface area contributed by atoms with Gasteiger partial charge in [0.1, 0.15) is 13.2 Å². The highest BCUT2D eigenvalue weighted by molar-refractivity contribution is 7.91. The lowest BCUT2D eigenvalue weighted by Crippen LogP contribution is -2.38. The molecular formula is C26H56NO7PS. The van der Waals surface area contributed by atoms with Crippen LogP contribution in [0.15, 0.2) is 0 Å². The molecule has 0 aromatic rings. The van der Waals surface area contributed by atoms with Crippen molar-refractivity contribution in [3.8, 4) is 0 Å². The molecule has 0 aliphatic rings. The maximum absolute atomic E-state index is 12.6. The first-order chi connectivity index (χ1) is 16.8. The molecule has 0 N–H and O–H groups in total. The first-order valence-electron chi connectivity index (χ1n) is 14.0. The maximum atomic E-state index is 12.6. The van der Waals surface area contributed by atoms with Crippen LogP contribution in [0.2, 0.25) is 0 Å². The minimum Gasteiger partial charge on any atom is -0.756 e. The monoisotopic (exact) mass is 557 g/mol. The molecule has 0 saturated carbocycles. The zero-order valence-corrected chi connectivity index (χ0v) is 25.8. The number of phosphoric ester groups is 1. The number of rotatable bonds is 25. The van der Waals surface area contributed by atoms with E-state index in [-0.39, 0.29) is 18.1 Å². The number of phosphoric acid groups is 1. The van der Waals surface area contributed by atoms with Crippen LogP contribution in [-0.4, -0.2) is 78.0 Å². The Kier molecular flexibility index (Phi) is 20.0. The molecule has 36 heavy (non-hydrogen) atoms. The molecule has 0 aliphatic carbocycles. The number of hydrogen-bond donors (Lipinski definition) is 0. The van der Waals surface area contributed by atoms with Gasteiger partial charge in [-0.15, -0.1) is 0 Å². The lowest BCUT2D eigenvalue weighted by atomic mass is 10.0. The van der Waals surface area contributed by atoms with Crippen molar-refractivity contribution < 1.29 is 36.1 Å². The fourth-order valence-electron chi connectivity index (χ4n) is 3.97. The quantitative estimate of drug-likeness (QED) is 0.0830. The van der Waals surface area contributed by atoms with Crippen LogP contribution in [0.3, 0.4) is 0 Å². The van der Waals surface area contributed by atoms with Gasteiger partial charge in [0.05, 0.1) is 44.9 Å². The number of unbranched alkanes of at least 4 members (excludes halogenated alkanes) is 13. The Labute approximate surface area is 222 Å². The summed E-state index contributed by atoms with van der Waals surface area (Å²) in [6.45, 7) is 4.22. The molecule has 3 atom stereocenters. The second-order valence-electron chi connectivity index (χ2n) is 11.1. The molecule has 3 unspecified atom stereocenters. The van der Waals surface area contributed by atoms with Gasteiger partial charge in [-0.05, 0) is 13.3 Å². The Hall–Kier alpha value is -0.0200. The van der Waals surface area contributed by atoms with Crippen molar-refractivity contribution in [3.63, 3.8) is 0 Å². The topological polar surface area (TPSA) is 102 Å². The summed E-state index contributed by atoms with van der Waals surface area (Å²) in [4.78, 5) is 12.1. The first-order valence-corrected chi connectivity index (χ1v) is 17.3. The molecule has 0 radical (unpaired) electrons. The number of quaternary nitrogens is 1. The van der Waals surface area contributed by atoms with E-state index in [1.807, 2.05) is 21.1 Å². The van der Waals surface area contributed by atoms with Gasteiger partial charge in [0.15, 0.2) is 9.84 Å². The second-order valence-corrected chi connectivity index (χ2v) is 14.7. The normalized spacial score (nSPS) is 16.1. The molecule has 10 heteroatoms. The van der Waals surface area contributed by atoms with E-state index >= 15 is 0 Å². The molecule has 0 aliphatic heterocycles. The van der Waals surface area contributed by atoms with E-state index in [0.29, 0.717) is 17.4 Å². The van der Waals surface area contributed by atoms with E-state index in [2.05, 4.69) is 6.92 Å². The molecule has 218 valence electrons. The van der Waals surface area contributed by atoms with Gasteiger partial charge in [0, 0.05) is 7.11 Å². The summed E-state index contributed by atoms with van der Waals surface area (Å²) in [5.74, 6) is -0.200. The predicted octanol–water partition coefficient (Wildman–Crippen LogP) is 5.49. The number of ether oxygens (including phenoxy) is 1. The first kappa shape index (κ1) is 36.0. The van der Waals surface area contributed by atoms with E-state index in [1.165, 1.54) is 78.2 Å². The Balaban J connectivity index is 4.05. The molecule has 0 amide bonds. The van der Waals surface area contributed by atoms with Crippen LogP contribution in [0.5, 0.6) is 0 Å². The summed E-state index contributed by atoms with van der Waals surface area (Å²) in [5, 5.41) is 0. The average molecular weight is 558 g/mol. The van der Waals surface area contributed by atoms with Crippen LogP contribution in [0.4, 0.5) is 0 Å². The summed E-state index contributed by atoms with van der Waals surface area (Å²) >= 11 is 0. The summed E-state index contributed by atoms with van der Waals surface area (Å²) in [7, 11) is -0.810. The fraction of sp³-hybridized carbons (Fsp3) is 1.00. The van der Waals surface area contributed by atoms with Gasteiger partial charge in [0.2, 0.25) is 0 Å². The summed E-state index contributed by atoms with van der Waals surface area (Å²) in [5.41, 5.74) is 0.